The monoisotopic (exact) mass is 535 g/mol. The van der Waals surface area contributed by atoms with Gasteiger partial charge in [-0.1, -0.05) is 35.9 Å². The first-order chi connectivity index (χ1) is 17.2. The number of fused-ring (bicyclic) bond motifs is 1. The van der Waals surface area contributed by atoms with Crippen molar-refractivity contribution in [3.63, 3.8) is 0 Å². The highest BCUT2D eigenvalue weighted by Crippen LogP contribution is 2.40. The number of nitrogens with zero attached hydrogens (tertiary/aromatic N) is 3. The zero-order valence-corrected chi connectivity index (χ0v) is 19.6. The SMILES string of the molecule is O=C(OC(c1ccc(Cl)c(F)c1)[C@H]1O[C@@H](n2cc(F)c3cnc(Cl)nc32)[C@H](O)[C@@H]1O)c1ccccc1. The lowest BCUT2D eigenvalue weighted by molar-refractivity contribution is -0.0917. The molecule has 36 heavy (non-hydrogen) atoms. The van der Waals surface area contributed by atoms with Gasteiger partial charge in [0.2, 0.25) is 5.28 Å². The number of aliphatic hydroxyl groups excluding tert-OH is 2. The van der Waals surface area contributed by atoms with Crippen LogP contribution >= 0.6 is 23.2 Å². The summed E-state index contributed by atoms with van der Waals surface area (Å²) in [5.41, 5.74) is 0.332. The molecular weight excluding hydrogens is 519 g/mol. The third kappa shape index (κ3) is 4.42. The third-order valence-corrected chi connectivity index (χ3v) is 6.35. The molecule has 2 aromatic carbocycles. The molecular formula is C24H17Cl2F2N3O5. The van der Waals surface area contributed by atoms with Gasteiger partial charge in [0.15, 0.2) is 18.1 Å². The number of ether oxygens (including phenoxy) is 2. The number of carbonyl (C=O) groups is 1. The first kappa shape index (κ1) is 24.5. The second-order valence-corrected chi connectivity index (χ2v) is 8.84. The molecule has 0 bridgehead atoms. The van der Waals surface area contributed by atoms with Gasteiger partial charge in [0, 0.05) is 12.4 Å². The Morgan fingerprint density at radius 3 is 2.56 bits per heavy atom. The largest absolute Gasteiger partial charge is 0.451 e. The van der Waals surface area contributed by atoms with Crippen LogP contribution < -0.4 is 0 Å². The highest BCUT2D eigenvalue weighted by atomic mass is 35.5. The van der Waals surface area contributed by atoms with Crippen LogP contribution in [-0.2, 0) is 9.47 Å². The molecule has 12 heteroatoms. The molecule has 2 aromatic heterocycles. The van der Waals surface area contributed by atoms with E-state index in [1.54, 1.807) is 18.2 Å². The van der Waals surface area contributed by atoms with Crippen LogP contribution in [0, 0.1) is 11.6 Å². The Bertz CT molecular complexity index is 1440. The van der Waals surface area contributed by atoms with Gasteiger partial charge in [0.1, 0.15) is 29.8 Å². The van der Waals surface area contributed by atoms with Crippen LogP contribution in [0.3, 0.4) is 0 Å². The van der Waals surface area contributed by atoms with Crippen LogP contribution in [-0.4, -0.2) is 49.0 Å². The third-order valence-electron chi connectivity index (χ3n) is 5.86. The van der Waals surface area contributed by atoms with Gasteiger partial charge in [-0.05, 0) is 41.4 Å². The van der Waals surface area contributed by atoms with E-state index in [1.807, 2.05) is 0 Å². The zero-order chi connectivity index (χ0) is 25.6. The maximum Gasteiger partial charge on any atom is 0.338 e. The molecule has 1 saturated heterocycles. The number of benzene rings is 2. The van der Waals surface area contributed by atoms with E-state index in [1.165, 1.54) is 30.5 Å². The van der Waals surface area contributed by atoms with E-state index in [9.17, 15) is 23.8 Å². The molecule has 1 aliphatic rings. The van der Waals surface area contributed by atoms with Crippen molar-refractivity contribution in [2.75, 3.05) is 0 Å². The molecule has 186 valence electrons. The molecule has 1 fully saturated rings. The number of hydrogen-bond acceptors (Lipinski definition) is 7. The normalized spacial score (nSPS) is 22.6. The summed E-state index contributed by atoms with van der Waals surface area (Å²) in [6.45, 7) is 0. The number of esters is 1. The van der Waals surface area contributed by atoms with E-state index >= 15 is 0 Å². The van der Waals surface area contributed by atoms with Gasteiger partial charge in [-0.2, -0.15) is 4.98 Å². The van der Waals surface area contributed by atoms with Crippen LogP contribution in [0.1, 0.15) is 28.3 Å². The van der Waals surface area contributed by atoms with Crippen molar-refractivity contribution in [1.29, 1.82) is 0 Å². The highest BCUT2D eigenvalue weighted by Gasteiger charge is 2.49. The minimum atomic E-state index is -1.62. The lowest BCUT2D eigenvalue weighted by Crippen LogP contribution is -2.36. The number of carbonyl (C=O) groups excluding carboxylic acids is 1. The summed E-state index contributed by atoms with van der Waals surface area (Å²) >= 11 is 11.7. The average molecular weight is 536 g/mol. The Balaban J connectivity index is 1.53. The zero-order valence-electron chi connectivity index (χ0n) is 18.1. The van der Waals surface area contributed by atoms with Gasteiger partial charge in [0.25, 0.3) is 0 Å². The average Bonchev–Trinajstić information content (AvgIpc) is 3.35. The Morgan fingerprint density at radius 2 is 1.83 bits per heavy atom. The van der Waals surface area contributed by atoms with E-state index in [-0.39, 0.29) is 32.5 Å². The number of rotatable bonds is 5. The smallest absolute Gasteiger partial charge is 0.338 e. The van der Waals surface area contributed by atoms with E-state index < -0.39 is 48.2 Å². The summed E-state index contributed by atoms with van der Waals surface area (Å²) in [6, 6.07) is 11.7. The Morgan fingerprint density at radius 1 is 1.08 bits per heavy atom. The molecule has 1 unspecified atom stereocenters. The minimum Gasteiger partial charge on any atom is -0.451 e. The fraction of sp³-hybridized carbons (Fsp3) is 0.208. The number of aromatic nitrogens is 3. The lowest BCUT2D eigenvalue weighted by Gasteiger charge is -2.26. The van der Waals surface area contributed by atoms with Gasteiger partial charge in [-0.3, -0.25) is 0 Å². The fourth-order valence-corrected chi connectivity index (χ4v) is 4.35. The van der Waals surface area contributed by atoms with E-state index in [0.29, 0.717) is 0 Å². The molecule has 3 heterocycles. The fourth-order valence-electron chi connectivity index (χ4n) is 4.10. The quantitative estimate of drug-likeness (QED) is 0.291. The summed E-state index contributed by atoms with van der Waals surface area (Å²) in [7, 11) is 0. The second kappa shape index (κ2) is 9.72. The van der Waals surface area contributed by atoms with Gasteiger partial charge >= 0.3 is 5.97 Å². The first-order valence-electron chi connectivity index (χ1n) is 10.7. The lowest BCUT2D eigenvalue weighted by atomic mass is 9.98. The summed E-state index contributed by atoms with van der Waals surface area (Å²) in [4.78, 5) is 20.6. The molecule has 0 amide bonds. The highest BCUT2D eigenvalue weighted by molar-refractivity contribution is 6.30. The molecule has 1 aliphatic heterocycles. The molecule has 0 radical (unpaired) electrons. The first-order valence-corrected chi connectivity index (χ1v) is 11.4. The molecule has 8 nitrogen and oxygen atoms in total. The maximum atomic E-state index is 14.5. The summed E-state index contributed by atoms with van der Waals surface area (Å²) in [5.74, 6) is -2.27. The maximum absolute atomic E-state index is 14.5. The van der Waals surface area contributed by atoms with Gasteiger partial charge in [-0.15, -0.1) is 0 Å². The van der Waals surface area contributed by atoms with Gasteiger partial charge in [-0.25, -0.2) is 18.6 Å². The Kier molecular flexibility index (Phi) is 6.62. The van der Waals surface area contributed by atoms with Crippen molar-refractivity contribution in [2.24, 2.45) is 0 Å². The van der Waals surface area contributed by atoms with E-state index in [0.717, 1.165) is 16.8 Å². The minimum absolute atomic E-state index is 0.0137. The van der Waals surface area contributed by atoms with Crippen molar-refractivity contribution in [3.8, 4) is 0 Å². The summed E-state index contributed by atoms with van der Waals surface area (Å²) in [6.07, 6.45) is -5.13. The van der Waals surface area contributed by atoms with Crippen molar-refractivity contribution < 1.29 is 33.3 Å². The van der Waals surface area contributed by atoms with Crippen LogP contribution in [0.15, 0.2) is 60.9 Å². The number of halogens is 4. The topological polar surface area (TPSA) is 107 Å². The van der Waals surface area contributed by atoms with Crippen molar-refractivity contribution >= 4 is 40.2 Å². The van der Waals surface area contributed by atoms with Crippen LogP contribution in [0.4, 0.5) is 8.78 Å². The van der Waals surface area contributed by atoms with Gasteiger partial charge < -0.3 is 24.3 Å². The molecule has 0 aliphatic carbocycles. The van der Waals surface area contributed by atoms with Crippen LogP contribution in [0.2, 0.25) is 10.3 Å². The molecule has 5 atom stereocenters. The van der Waals surface area contributed by atoms with Crippen molar-refractivity contribution in [2.45, 2.75) is 30.6 Å². The number of hydrogen-bond donors (Lipinski definition) is 2. The van der Waals surface area contributed by atoms with Crippen molar-refractivity contribution in [3.05, 3.63) is 94.0 Å². The van der Waals surface area contributed by atoms with E-state index in [2.05, 4.69) is 9.97 Å². The van der Waals surface area contributed by atoms with Crippen LogP contribution in [0.5, 0.6) is 0 Å². The second-order valence-electron chi connectivity index (χ2n) is 8.10. The van der Waals surface area contributed by atoms with Crippen molar-refractivity contribution in [1.82, 2.24) is 14.5 Å². The van der Waals surface area contributed by atoms with Gasteiger partial charge in [0.05, 0.1) is 16.0 Å². The predicted octanol–water partition coefficient (Wildman–Crippen LogP) is 4.23. The Labute approximate surface area is 212 Å². The molecule has 2 N–H and O–H groups in total. The molecule has 4 aromatic rings. The molecule has 0 spiro atoms. The molecule has 0 saturated carbocycles. The molecule has 5 rings (SSSR count). The van der Waals surface area contributed by atoms with E-state index in [4.69, 9.17) is 32.7 Å². The summed E-state index contributed by atoms with van der Waals surface area (Å²) in [5, 5.41) is 21.4. The standard InChI is InChI=1S/C24H17Cl2F2N3O5/c25-14-7-6-12(8-15(14)27)19(36-23(34)11-4-2-1-3-5-11)20-17(32)18(33)22(35-20)31-10-16(28)13-9-29-24(26)30-21(13)31/h1-10,17-20,22,32-33H/t17-,18+,19?,20-,22+/m0/s1. The van der Waals surface area contributed by atoms with Crippen LogP contribution in [0.25, 0.3) is 11.0 Å². The Hall–Kier alpha value is -3.15. The number of aliphatic hydroxyl groups is 2. The predicted molar refractivity (Wildman–Crippen MR) is 124 cm³/mol. The summed E-state index contributed by atoms with van der Waals surface area (Å²) < 4.78 is 41.5.